The van der Waals surface area contributed by atoms with Crippen LogP contribution in [-0.2, 0) is 4.79 Å². The minimum absolute atomic E-state index is 0.201. The molecule has 0 aliphatic rings. The van der Waals surface area contributed by atoms with E-state index in [1.807, 2.05) is 0 Å². The van der Waals surface area contributed by atoms with Gasteiger partial charge in [-0.25, -0.2) is 19.0 Å². The molecule has 0 fully saturated rings. The van der Waals surface area contributed by atoms with E-state index < -0.39 is 0 Å². The molecule has 5 aromatic rings. The molecular weight excluding hydrogens is 461 g/mol. The third-order valence-corrected chi connectivity index (χ3v) is 5.15. The molecule has 170 valence electrons. The summed E-state index contributed by atoms with van der Waals surface area (Å²) in [4.78, 5) is 21.2. The summed E-state index contributed by atoms with van der Waals surface area (Å²) >= 11 is 5.87. The molecule has 1 amide bonds. The number of fused-ring (bicyclic) bond motifs is 1. The second kappa shape index (κ2) is 8.91. The number of carbonyl (C=O) groups excluding carboxylic acids is 1. The van der Waals surface area contributed by atoms with E-state index in [0.29, 0.717) is 44.8 Å². The fraction of sp³-hybridized carbons (Fsp3) is 0.0870. The number of aryl methyl sites for hydroxylation is 1. The molecule has 0 saturated heterocycles. The molecule has 2 aromatic carbocycles. The summed E-state index contributed by atoms with van der Waals surface area (Å²) in [6.07, 6.45) is 2.98. The zero-order chi connectivity index (χ0) is 23.7. The molecule has 9 nitrogen and oxygen atoms in total. The van der Waals surface area contributed by atoms with Crippen molar-refractivity contribution in [3.63, 3.8) is 0 Å². The molecular formula is C23H17ClFN7O2. The molecule has 0 atom stereocenters. The molecule has 0 bridgehead atoms. The molecule has 3 heterocycles. The minimum atomic E-state index is -0.372. The molecule has 0 aliphatic heterocycles. The number of nitrogens with one attached hydrogen (secondary N) is 1. The highest BCUT2D eigenvalue weighted by Gasteiger charge is 2.18. The van der Waals surface area contributed by atoms with Crippen LogP contribution in [-0.4, -0.2) is 42.0 Å². The lowest BCUT2D eigenvalue weighted by atomic mass is 10.3. The summed E-state index contributed by atoms with van der Waals surface area (Å²) < 4.78 is 21.9. The number of rotatable bonds is 6. The average Bonchev–Trinajstić information content (AvgIpc) is 3.42. The number of hydrogen-bond donors (Lipinski definition) is 1. The van der Waals surface area contributed by atoms with Crippen LogP contribution >= 0.6 is 11.6 Å². The van der Waals surface area contributed by atoms with Crippen LogP contribution in [0.4, 0.5) is 10.2 Å². The molecule has 34 heavy (non-hydrogen) atoms. The first-order valence-electron chi connectivity index (χ1n) is 10.2. The van der Waals surface area contributed by atoms with E-state index in [9.17, 15) is 9.18 Å². The van der Waals surface area contributed by atoms with Crippen molar-refractivity contribution < 1.29 is 13.9 Å². The number of anilines is 1. The summed E-state index contributed by atoms with van der Waals surface area (Å²) in [6, 6.07) is 14.4. The van der Waals surface area contributed by atoms with Crippen LogP contribution < -0.4 is 10.1 Å². The number of hydrogen-bond acceptors (Lipinski definition) is 6. The van der Waals surface area contributed by atoms with Gasteiger partial charge < -0.3 is 10.1 Å². The first kappa shape index (κ1) is 21.5. The molecule has 0 aliphatic carbocycles. The Hall–Kier alpha value is -4.31. The van der Waals surface area contributed by atoms with E-state index in [1.165, 1.54) is 23.1 Å². The maximum absolute atomic E-state index is 13.3. The van der Waals surface area contributed by atoms with E-state index in [4.69, 9.17) is 16.3 Å². The number of benzene rings is 2. The van der Waals surface area contributed by atoms with E-state index in [-0.39, 0.29) is 18.3 Å². The van der Waals surface area contributed by atoms with Gasteiger partial charge in [0.1, 0.15) is 23.7 Å². The second-order valence-corrected chi connectivity index (χ2v) is 7.78. The summed E-state index contributed by atoms with van der Waals surface area (Å²) in [5.41, 5.74) is 1.82. The summed E-state index contributed by atoms with van der Waals surface area (Å²) in [5, 5.41) is 12.8. The smallest absolute Gasteiger partial charge is 0.263 e. The number of carbonyl (C=O) groups is 1. The zero-order valence-corrected chi connectivity index (χ0v) is 18.6. The van der Waals surface area contributed by atoms with Crippen molar-refractivity contribution in [1.29, 1.82) is 0 Å². The van der Waals surface area contributed by atoms with Crippen LogP contribution in [0.2, 0.25) is 5.02 Å². The summed E-state index contributed by atoms with van der Waals surface area (Å²) in [7, 11) is 0. The zero-order valence-electron chi connectivity index (χ0n) is 17.8. The van der Waals surface area contributed by atoms with Crippen molar-refractivity contribution in [3.8, 4) is 17.3 Å². The van der Waals surface area contributed by atoms with Gasteiger partial charge in [-0.3, -0.25) is 4.79 Å². The third-order valence-electron chi connectivity index (χ3n) is 4.90. The first-order chi connectivity index (χ1) is 16.5. The molecule has 11 heteroatoms. The van der Waals surface area contributed by atoms with Crippen molar-refractivity contribution in [3.05, 3.63) is 83.7 Å². The van der Waals surface area contributed by atoms with Crippen LogP contribution in [0.15, 0.2) is 67.1 Å². The lowest BCUT2D eigenvalue weighted by molar-refractivity contribution is -0.118. The highest BCUT2D eigenvalue weighted by molar-refractivity contribution is 6.30. The van der Waals surface area contributed by atoms with Crippen LogP contribution in [0.5, 0.6) is 5.75 Å². The van der Waals surface area contributed by atoms with Crippen molar-refractivity contribution in [1.82, 2.24) is 29.5 Å². The van der Waals surface area contributed by atoms with Crippen molar-refractivity contribution in [2.75, 3.05) is 11.9 Å². The lowest BCUT2D eigenvalue weighted by Gasteiger charge is -2.10. The highest BCUT2D eigenvalue weighted by Crippen LogP contribution is 2.24. The number of aromatic nitrogens is 6. The van der Waals surface area contributed by atoms with Crippen LogP contribution in [0, 0.1) is 12.7 Å². The molecule has 0 spiro atoms. The van der Waals surface area contributed by atoms with Gasteiger partial charge in [0.15, 0.2) is 18.1 Å². The van der Waals surface area contributed by atoms with E-state index in [0.717, 1.165) is 0 Å². The van der Waals surface area contributed by atoms with Crippen LogP contribution in [0.25, 0.3) is 22.5 Å². The molecule has 3 aromatic heterocycles. The van der Waals surface area contributed by atoms with Gasteiger partial charge in [-0.05, 0) is 55.5 Å². The van der Waals surface area contributed by atoms with E-state index in [2.05, 4.69) is 25.5 Å². The Morgan fingerprint density at radius 2 is 1.85 bits per heavy atom. The van der Waals surface area contributed by atoms with E-state index in [1.54, 1.807) is 60.3 Å². The third kappa shape index (κ3) is 4.30. The van der Waals surface area contributed by atoms with Gasteiger partial charge in [-0.2, -0.15) is 14.9 Å². The summed E-state index contributed by atoms with van der Waals surface area (Å²) in [6.45, 7) is 1.60. The Kier molecular flexibility index (Phi) is 5.64. The predicted octanol–water partition coefficient (Wildman–Crippen LogP) is 4.12. The fourth-order valence-electron chi connectivity index (χ4n) is 3.38. The number of nitrogens with zero attached hydrogens (tertiary/aromatic N) is 6. The Bertz CT molecular complexity index is 1480. The molecule has 0 saturated carbocycles. The maximum atomic E-state index is 13.3. The number of ether oxygens (including phenoxy) is 1. The SMILES string of the molecule is Cc1cc(NC(=O)COc2ccc(Cl)cc2)n(-c2ncnc3c2cnn3-c2ccc(F)cc2)n1. The van der Waals surface area contributed by atoms with E-state index >= 15 is 0 Å². The Labute approximate surface area is 197 Å². The Morgan fingerprint density at radius 3 is 2.62 bits per heavy atom. The topological polar surface area (TPSA) is 99.7 Å². The van der Waals surface area contributed by atoms with Crippen LogP contribution in [0.1, 0.15) is 5.69 Å². The van der Waals surface area contributed by atoms with Gasteiger partial charge in [-0.15, -0.1) is 0 Å². The largest absolute Gasteiger partial charge is 0.484 e. The highest BCUT2D eigenvalue weighted by atomic mass is 35.5. The standard InChI is InChI=1S/C23H17ClFN7O2/c1-14-10-20(29-21(33)12-34-18-8-2-15(24)3-9-18)32(30-14)23-19-11-28-31(22(19)26-13-27-23)17-6-4-16(25)5-7-17/h2-11,13H,12H2,1H3,(H,29,33). The average molecular weight is 478 g/mol. The van der Waals surface area contributed by atoms with Gasteiger partial charge in [0.2, 0.25) is 0 Å². The first-order valence-corrected chi connectivity index (χ1v) is 10.6. The van der Waals surface area contributed by atoms with Crippen LogP contribution in [0.3, 0.4) is 0 Å². The van der Waals surface area contributed by atoms with Crippen molar-refractivity contribution >= 4 is 34.4 Å². The van der Waals surface area contributed by atoms with Gasteiger partial charge in [0.25, 0.3) is 5.91 Å². The normalized spacial score (nSPS) is 11.0. The maximum Gasteiger partial charge on any atom is 0.263 e. The van der Waals surface area contributed by atoms with Gasteiger partial charge in [-0.1, -0.05) is 11.6 Å². The van der Waals surface area contributed by atoms with Gasteiger partial charge in [0, 0.05) is 11.1 Å². The molecule has 1 N–H and O–H groups in total. The molecule has 0 radical (unpaired) electrons. The second-order valence-electron chi connectivity index (χ2n) is 7.34. The quantitative estimate of drug-likeness (QED) is 0.395. The molecule has 5 rings (SSSR count). The number of halogens is 2. The summed E-state index contributed by atoms with van der Waals surface area (Å²) in [5.74, 6) is 0.651. The van der Waals surface area contributed by atoms with Gasteiger partial charge >= 0.3 is 0 Å². The lowest BCUT2D eigenvalue weighted by Crippen LogP contribution is -2.22. The van der Waals surface area contributed by atoms with Crippen molar-refractivity contribution in [2.45, 2.75) is 6.92 Å². The molecule has 0 unspecified atom stereocenters. The predicted molar refractivity (Wildman–Crippen MR) is 124 cm³/mol. The minimum Gasteiger partial charge on any atom is -0.484 e. The number of amides is 1. The van der Waals surface area contributed by atoms with Crippen molar-refractivity contribution in [2.24, 2.45) is 0 Å². The monoisotopic (exact) mass is 477 g/mol. The Balaban J connectivity index is 1.42. The van der Waals surface area contributed by atoms with Gasteiger partial charge in [0.05, 0.1) is 23.0 Å². The fourth-order valence-corrected chi connectivity index (χ4v) is 3.51. The Morgan fingerprint density at radius 1 is 1.09 bits per heavy atom.